The maximum Gasteiger partial charge on any atom is 0.119 e. The number of hydrogen-bond donors (Lipinski definition) is 3. The lowest BCUT2D eigenvalue weighted by Crippen LogP contribution is -2.22. The van der Waals surface area contributed by atoms with Gasteiger partial charge < -0.3 is 21.1 Å². The highest BCUT2D eigenvalue weighted by Crippen LogP contribution is 2.16. The Bertz CT molecular complexity index is 603. The lowest BCUT2D eigenvalue weighted by molar-refractivity contribution is 0.414. The second-order valence-corrected chi connectivity index (χ2v) is 5.78. The minimum atomic E-state index is 0.802. The first kappa shape index (κ1) is 19.7. The van der Waals surface area contributed by atoms with Gasteiger partial charge in [0.15, 0.2) is 0 Å². The van der Waals surface area contributed by atoms with E-state index in [9.17, 15) is 0 Å². The Hall–Kier alpha value is -2.36. The van der Waals surface area contributed by atoms with Crippen molar-refractivity contribution in [1.29, 1.82) is 0 Å². The van der Waals surface area contributed by atoms with Gasteiger partial charge in [-0.3, -0.25) is 0 Å². The van der Waals surface area contributed by atoms with E-state index in [1.165, 1.54) is 5.56 Å². The van der Waals surface area contributed by atoms with E-state index in [4.69, 9.17) is 10.5 Å². The van der Waals surface area contributed by atoms with Crippen molar-refractivity contribution in [2.24, 2.45) is 5.73 Å². The van der Waals surface area contributed by atoms with Crippen molar-refractivity contribution in [3.05, 3.63) is 65.1 Å². The molecule has 24 heavy (non-hydrogen) atoms. The second-order valence-electron chi connectivity index (χ2n) is 5.78. The predicted octanol–water partition coefficient (Wildman–Crippen LogP) is 3.48. The van der Waals surface area contributed by atoms with E-state index < -0.39 is 0 Å². The lowest BCUT2D eigenvalue weighted by Gasteiger charge is -2.15. The fourth-order valence-electron chi connectivity index (χ4n) is 2.49. The molecule has 0 aliphatic rings. The van der Waals surface area contributed by atoms with Crippen LogP contribution in [0, 0.1) is 0 Å². The fraction of sp³-hybridized carbons (Fsp3) is 0.400. The van der Waals surface area contributed by atoms with E-state index in [-0.39, 0.29) is 0 Å². The molecule has 132 valence electrons. The number of nitrogens with one attached hydrogen (secondary N) is 2. The summed E-state index contributed by atoms with van der Waals surface area (Å²) in [7, 11) is 3.58. The topological polar surface area (TPSA) is 59.3 Å². The summed E-state index contributed by atoms with van der Waals surface area (Å²) in [6.07, 6.45) is 4.77. The summed E-state index contributed by atoms with van der Waals surface area (Å²) in [5.74, 6) is 0.877. The first-order valence-corrected chi connectivity index (χ1v) is 8.42. The standard InChI is InChI=1S/C20H31N3O/c1-6-12-23-16(3)20(22-4)15(2)13-18(21)11-10-17-8-7-9-19(14-17)24-5/h7-9,13-14,22-23H,3,6,10-12,21H2,1-2,4-5H3/b18-13-,20-15+. The first-order valence-electron chi connectivity index (χ1n) is 8.42. The summed E-state index contributed by atoms with van der Waals surface area (Å²) in [6.45, 7) is 9.17. The number of rotatable bonds is 10. The Morgan fingerprint density at radius 1 is 1.38 bits per heavy atom. The van der Waals surface area contributed by atoms with Gasteiger partial charge in [0.25, 0.3) is 0 Å². The fourth-order valence-corrected chi connectivity index (χ4v) is 2.49. The third-order valence-corrected chi connectivity index (χ3v) is 3.77. The zero-order valence-electron chi connectivity index (χ0n) is 15.4. The van der Waals surface area contributed by atoms with E-state index in [0.717, 1.165) is 54.2 Å². The van der Waals surface area contributed by atoms with Crippen molar-refractivity contribution in [1.82, 2.24) is 10.6 Å². The normalized spacial score (nSPS) is 12.4. The number of hydrogen-bond acceptors (Lipinski definition) is 4. The number of nitrogens with two attached hydrogens (primary N) is 1. The molecule has 4 nitrogen and oxygen atoms in total. The molecule has 0 bridgehead atoms. The molecule has 0 amide bonds. The van der Waals surface area contributed by atoms with Crippen LogP contribution in [0.5, 0.6) is 5.75 Å². The number of allylic oxidation sites excluding steroid dienone is 3. The van der Waals surface area contributed by atoms with Crippen molar-refractivity contribution in [2.75, 3.05) is 20.7 Å². The summed E-state index contributed by atoms with van der Waals surface area (Å²) in [6, 6.07) is 8.09. The lowest BCUT2D eigenvalue weighted by atomic mass is 10.1. The summed E-state index contributed by atoms with van der Waals surface area (Å²) >= 11 is 0. The highest BCUT2D eigenvalue weighted by molar-refractivity contribution is 5.37. The number of aryl methyl sites for hydroxylation is 1. The molecule has 1 rings (SSSR count). The molecule has 1 aromatic carbocycles. The molecular formula is C20H31N3O. The third-order valence-electron chi connectivity index (χ3n) is 3.77. The molecule has 0 radical (unpaired) electrons. The molecular weight excluding hydrogens is 298 g/mol. The smallest absolute Gasteiger partial charge is 0.119 e. The molecule has 4 heteroatoms. The van der Waals surface area contributed by atoms with Gasteiger partial charge >= 0.3 is 0 Å². The van der Waals surface area contributed by atoms with Crippen LogP contribution in [0.4, 0.5) is 0 Å². The highest BCUT2D eigenvalue weighted by Gasteiger charge is 2.04. The average Bonchev–Trinajstić information content (AvgIpc) is 2.58. The van der Waals surface area contributed by atoms with Crippen LogP contribution < -0.4 is 21.1 Å². The first-order chi connectivity index (χ1) is 11.5. The van der Waals surface area contributed by atoms with Gasteiger partial charge in [0.2, 0.25) is 0 Å². The number of likely N-dealkylation sites (N-methyl/N-ethyl adjacent to an activating group) is 1. The van der Waals surface area contributed by atoms with Crippen molar-refractivity contribution >= 4 is 0 Å². The van der Waals surface area contributed by atoms with Crippen LogP contribution in [0.3, 0.4) is 0 Å². The quantitative estimate of drug-likeness (QED) is 0.575. The van der Waals surface area contributed by atoms with Crippen LogP contribution in [0.1, 0.15) is 32.3 Å². The summed E-state index contributed by atoms with van der Waals surface area (Å²) in [5.41, 5.74) is 11.2. The largest absolute Gasteiger partial charge is 0.497 e. The van der Waals surface area contributed by atoms with Crippen LogP contribution >= 0.6 is 0 Å². The van der Waals surface area contributed by atoms with E-state index in [2.05, 4.69) is 30.2 Å². The van der Waals surface area contributed by atoms with Crippen LogP contribution in [-0.4, -0.2) is 20.7 Å². The van der Waals surface area contributed by atoms with Crippen LogP contribution in [0.25, 0.3) is 0 Å². The molecule has 1 aromatic rings. The number of ether oxygens (including phenoxy) is 1. The average molecular weight is 329 g/mol. The van der Waals surface area contributed by atoms with Gasteiger partial charge in [-0.2, -0.15) is 0 Å². The van der Waals surface area contributed by atoms with Crippen LogP contribution in [-0.2, 0) is 6.42 Å². The Morgan fingerprint density at radius 3 is 2.75 bits per heavy atom. The van der Waals surface area contributed by atoms with E-state index in [0.29, 0.717) is 0 Å². The zero-order valence-corrected chi connectivity index (χ0v) is 15.4. The van der Waals surface area contributed by atoms with Gasteiger partial charge in [0.05, 0.1) is 18.5 Å². The maximum absolute atomic E-state index is 6.20. The molecule has 0 aliphatic heterocycles. The summed E-state index contributed by atoms with van der Waals surface area (Å²) < 4.78 is 5.25. The van der Waals surface area contributed by atoms with Crippen molar-refractivity contribution < 1.29 is 4.74 Å². The minimum Gasteiger partial charge on any atom is -0.497 e. The van der Waals surface area contributed by atoms with E-state index in [1.807, 2.05) is 38.2 Å². The Morgan fingerprint density at radius 2 is 2.12 bits per heavy atom. The molecule has 0 saturated carbocycles. The van der Waals surface area contributed by atoms with Gasteiger partial charge in [-0.1, -0.05) is 25.6 Å². The molecule has 0 atom stereocenters. The van der Waals surface area contributed by atoms with Crippen molar-refractivity contribution in [2.45, 2.75) is 33.1 Å². The molecule has 0 spiro atoms. The molecule has 0 saturated heterocycles. The Kier molecular flexibility index (Phi) is 8.55. The monoisotopic (exact) mass is 329 g/mol. The maximum atomic E-state index is 6.20. The van der Waals surface area contributed by atoms with Gasteiger partial charge in [0.1, 0.15) is 5.75 Å². The second kappa shape index (κ2) is 10.4. The molecule has 0 aromatic heterocycles. The molecule has 0 aliphatic carbocycles. The van der Waals surface area contributed by atoms with E-state index in [1.54, 1.807) is 7.11 Å². The molecule has 0 unspecified atom stereocenters. The Balaban J connectivity index is 2.74. The van der Waals surface area contributed by atoms with E-state index >= 15 is 0 Å². The number of methoxy groups -OCH3 is 1. The van der Waals surface area contributed by atoms with Gasteiger partial charge in [0, 0.05) is 19.3 Å². The van der Waals surface area contributed by atoms with Gasteiger partial charge in [-0.05, 0) is 55.5 Å². The third kappa shape index (κ3) is 6.41. The van der Waals surface area contributed by atoms with Crippen molar-refractivity contribution in [3.8, 4) is 5.75 Å². The number of benzene rings is 1. The van der Waals surface area contributed by atoms with Gasteiger partial charge in [-0.25, -0.2) is 0 Å². The SMILES string of the molecule is C=C(NCCC)/C(NC)=C(C)\C=C(/N)CCc1cccc(OC)c1. The predicted molar refractivity (Wildman–Crippen MR) is 103 cm³/mol. The molecule has 0 fully saturated rings. The molecule has 0 heterocycles. The van der Waals surface area contributed by atoms with Crippen LogP contribution in [0.15, 0.2) is 59.6 Å². The Labute approximate surface area is 146 Å². The summed E-state index contributed by atoms with van der Waals surface area (Å²) in [5, 5.41) is 6.51. The zero-order chi connectivity index (χ0) is 17.9. The highest BCUT2D eigenvalue weighted by atomic mass is 16.5. The molecule has 4 N–H and O–H groups in total. The summed E-state index contributed by atoms with van der Waals surface area (Å²) in [4.78, 5) is 0. The van der Waals surface area contributed by atoms with Gasteiger partial charge in [-0.15, -0.1) is 0 Å². The minimum absolute atomic E-state index is 0.802. The van der Waals surface area contributed by atoms with Crippen molar-refractivity contribution in [3.63, 3.8) is 0 Å². The van der Waals surface area contributed by atoms with Crippen LogP contribution in [0.2, 0.25) is 0 Å².